The van der Waals surface area contributed by atoms with Crippen LogP contribution in [0.4, 0.5) is 0 Å². The lowest BCUT2D eigenvalue weighted by Gasteiger charge is -2.15. The summed E-state index contributed by atoms with van der Waals surface area (Å²) in [4.78, 5) is -0.284. The van der Waals surface area contributed by atoms with Crippen LogP contribution in [0.5, 0.6) is 17.2 Å². The van der Waals surface area contributed by atoms with Crippen LogP contribution in [-0.2, 0) is 16.5 Å². The minimum atomic E-state index is -4.44. The third kappa shape index (κ3) is 6.84. The Morgan fingerprint density at radius 2 is 1.50 bits per heavy atom. The summed E-state index contributed by atoms with van der Waals surface area (Å²) in [6.07, 6.45) is 10.0. The Balaban J connectivity index is 2.08. The third-order valence-electron chi connectivity index (χ3n) is 4.72. The highest BCUT2D eigenvalue weighted by Gasteiger charge is 2.21. The van der Waals surface area contributed by atoms with Gasteiger partial charge in [0.05, 0.1) is 0 Å². The van der Waals surface area contributed by atoms with Gasteiger partial charge < -0.3 is 9.84 Å². The van der Waals surface area contributed by atoms with Crippen molar-refractivity contribution >= 4 is 10.1 Å². The van der Waals surface area contributed by atoms with Gasteiger partial charge in [0.15, 0.2) is 17.2 Å². The second kappa shape index (κ2) is 11.1. The molecular formula is C22H30O5S. The summed E-state index contributed by atoms with van der Waals surface area (Å²) in [5, 5.41) is 9.95. The lowest BCUT2D eigenvalue weighted by Crippen LogP contribution is -2.04. The highest BCUT2D eigenvalue weighted by molar-refractivity contribution is 7.86. The molecule has 0 atom stereocenters. The predicted octanol–water partition coefficient (Wildman–Crippen LogP) is 6.11. The van der Waals surface area contributed by atoms with E-state index in [0.717, 1.165) is 19.3 Å². The van der Waals surface area contributed by atoms with Crippen LogP contribution in [0.15, 0.2) is 47.4 Å². The minimum Gasteiger partial charge on any atom is -0.504 e. The van der Waals surface area contributed by atoms with Crippen molar-refractivity contribution in [2.45, 2.75) is 69.6 Å². The largest absolute Gasteiger partial charge is 0.504 e. The SMILES string of the molecule is CCCCCCCCCCc1cccc(S(=O)(=O)O)c1Oc1ccccc1O. The number of benzene rings is 2. The van der Waals surface area contributed by atoms with E-state index in [4.69, 9.17) is 4.74 Å². The van der Waals surface area contributed by atoms with Crippen LogP contribution in [0.25, 0.3) is 0 Å². The predicted molar refractivity (Wildman–Crippen MR) is 111 cm³/mol. The first kappa shape index (κ1) is 22.2. The second-order valence-corrected chi connectivity index (χ2v) is 8.40. The smallest absolute Gasteiger partial charge is 0.298 e. The number of hydrogen-bond acceptors (Lipinski definition) is 4. The summed E-state index contributed by atoms with van der Waals surface area (Å²) >= 11 is 0. The number of ether oxygens (including phenoxy) is 1. The number of para-hydroxylation sites is 3. The molecule has 5 nitrogen and oxygen atoms in total. The van der Waals surface area contributed by atoms with Gasteiger partial charge in [-0.05, 0) is 36.6 Å². The summed E-state index contributed by atoms with van der Waals surface area (Å²) in [7, 11) is -4.44. The molecule has 0 unspecified atom stereocenters. The van der Waals surface area contributed by atoms with Crippen molar-refractivity contribution in [1.29, 1.82) is 0 Å². The Hall–Kier alpha value is -2.05. The van der Waals surface area contributed by atoms with Gasteiger partial charge in [-0.2, -0.15) is 8.42 Å². The number of aromatic hydroxyl groups is 1. The molecule has 0 spiro atoms. The van der Waals surface area contributed by atoms with Crippen LogP contribution in [0.1, 0.15) is 63.9 Å². The zero-order valence-electron chi connectivity index (χ0n) is 16.4. The molecule has 2 N–H and O–H groups in total. The molecule has 0 aliphatic carbocycles. The number of rotatable bonds is 12. The van der Waals surface area contributed by atoms with Crippen LogP contribution < -0.4 is 4.74 Å². The number of hydrogen-bond donors (Lipinski definition) is 2. The van der Waals surface area contributed by atoms with E-state index in [-0.39, 0.29) is 22.1 Å². The van der Waals surface area contributed by atoms with E-state index < -0.39 is 10.1 Å². The highest BCUT2D eigenvalue weighted by atomic mass is 32.2. The van der Waals surface area contributed by atoms with Crippen molar-refractivity contribution in [3.63, 3.8) is 0 Å². The van der Waals surface area contributed by atoms with Gasteiger partial charge in [-0.25, -0.2) is 0 Å². The van der Waals surface area contributed by atoms with Crippen molar-refractivity contribution in [2.75, 3.05) is 0 Å². The van der Waals surface area contributed by atoms with Crippen molar-refractivity contribution in [3.05, 3.63) is 48.0 Å². The lowest BCUT2D eigenvalue weighted by atomic mass is 10.0. The summed E-state index contributed by atoms with van der Waals surface area (Å²) < 4.78 is 38.9. The molecule has 0 aliphatic heterocycles. The molecular weight excluding hydrogens is 376 g/mol. The molecule has 0 aromatic heterocycles. The summed E-state index contributed by atoms with van der Waals surface area (Å²) in [5.41, 5.74) is 0.698. The second-order valence-electron chi connectivity index (χ2n) is 7.01. The first-order valence-electron chi connectivity index (χ1n) is 9.98. The van der Waals surface area contributed by atoms with Crippen LogP contribution in [-0.4, -0.2) is 18.1 Å². The fourth-order valence-electron chi connectivity index (χ4n) is 3.18. The molecule has 0 amide bonds. The van der Waals surface area contributed by atoms with Gasteiger partial charge in [0.25, 0.3) is 10.1 Å². The Bertz CT molecular complexity index is 846. The average Bonchev–Trinajstić information content (AvgIpc) is 2.65. The Kier molecular flexibility index (Phi) is 8.80. The molecule has 2 aromatic carbocycles. The van der Waals surface area contributed by atoms with E-state index >= 15 is 0 Å². The van der Waals surface area contributed by atoms with E-state index in [2.05, 4.69) is 6.92 Å². The standard InChI is InChI=1S/C22H30O5S/c1-2-3-4-5-6-7-8-9-13-18-14-12-17-21(28(24,25)26)22(18)27-20-16-11-10-15-19(20)23/h10-12,14-17,23H,2-9,13H2,1H3,(H,24,25,26). The molecule has 6 heteroatoms. The fourth-order valence-corrected chi connectivity index (χ4v) is 3.84. The molecule has 28 heavy (non-hydrogen) atoms. The van der Waals surface area contributed by atoms with E-state index in [0.29, 0.717) is 12.0 Å². The molecule has 2 aromatic rings. The zero-order valence-corrected chi connectivity index (χ0v) is 17.2. The quantitative estimate of drug-likeness (QED) is 0.328. The van der Waals surface area contributed by atoms with Crippen LogP contribution >= 0.6 is 0 Å². The van der Waals surface area contributed by atoms with Gasteiger partial charge in [-0.15, -0.1) is 0 Å². The maximum Gasteiger partial charge on any atom is 0.298 e. The minimum absolute atomic E-state index is 0.0782. The first-order chi connectivity index (χ1) is 13.4. The molecule has 0 saturated carbocycles. The molecule has 0 radical (unpaired) electrons. The number of aryl methyl sites for hydroxylation is 1. The maximum absolute atomic E-state index is 11.8. The normalized spacial score (nSPS) is 11.5. The van der Waals surface area contributed by atoms with Crippen LogP contribution in [0, 0.1) is 0 Å². The molecule has 0 aliphatic rings. The number of phenols is 1. The summed E-state index contributed by atoms with van der Waals surface area (Å²) in [6, 6.07) is 11.1. The summed E-state index contributed by atoms with van der Waals surface area (Å²) in [5.74, 6) is 0.135. The molecule has 0 fully saturated rings. The highest BCUT2D eigenvalue weighted by Crippen LogP contribution is 2.37. The maximum atomic E-state index is 11.8. The van der Waals surface area contributed by atoms with Gasteiger partial charge in [0, 0.05) is 0 Å². The van der Waals surface area contributed by atoms with Crippen LogP contribution in [0.2, 0.25) is 0 Å². The third-order valence-corrected chi connectivity index (χ3v) is 5.59. The van der Waals surface area contributed by atoms with Gasteiger partial charge in [0.1, 0.15) is 4.90 Å². The van der Waals surface area contributed by atoms with Crippen molar-refractivity contribution in [2.24, 2.45) is 0 Å². The topological polar surface area (TPSA) is 83.8 Å². The average molecular weight is 407 g/mol. The Labute approximate surface area is 168 Å². The number of unbranched alkanes of at least 4 members (excludes halogenated alkanes) is 7. The molecule has 154 valence electrons. The molecule has 0 heterocycles. The monoisotopic (exact) mass is 406 g/mol. The van der Waals surface area contributed by atoms with Gasteiger partial charge in [-0.3, -0.25) is 4.55 Å². The Morgan fingerprint density at radius 3 is 2.14 bits per heavy atom. The van der Waals surface area contributed by atoms with Crippen LogP contribution in [0.3, 0.4) is 0 Å². The molecule has 2 rings (SSSR count). The Morgan fingerprint density at radius 1 is 0.857 bits per heavy atom. The van der Waals surface area contributed by atoms with Crippen molar-refractivity contribution in [3.8, 4) is 17.2 Å². The molecule has 0 bridgehead atoms. The lowest BCUT2D eigenvalue weighted by molar-refractivity contribution is 0.398. The van der Waals surface area contributed by atoms with E-state index in [1.54, 1.807) is 30.3 Å². The van der Waals surface area contributed by atoms with E-state index in [1.807, 2.05) is 0 Å². The van der Waals surface area contributed by atoms with E-state index in [9.17, 15) is 18.1 Å². The van der Waals surface area contributed by atoms with Crippen molar-refractivity contribution in [1.82, 2.24) is 0 Å². The van der Waals surface area contributed by atoms with Gasteiger partial charge >= 0.3 is 0 Å². The van der Waals surface area contributed by atoms with Gasteiger partial charge in [-0.1, -0.05) is 76.1 Å². The number of phenolic OH excluding ortho intramolecular Hbond substituents is 1. The zero-order chi connectivity index (χ0) is 20.4. The molecule has 0 saturated heterocycles. The fraction of sp³-hybridized carbons (Fsp3) is 0.455. The first-order valence-corrected chi connectivity index (χ1v) is 11.4. The van der Waals surface area contributed by atoms with E-state index in [1.165, 1.54) is 44.2 Å². The van der Waals surface area contributed by atoms with Crippen molar-refractivity contribution < 1.29 is 22.8 Å². The van der Waals surface area contributed by atoms with Gasteiger partial charge in [0.2, 0.25) is 0 Å². The summed E-state index contributed by atoms with van der Waals surface area (Å²) in [6.45, 7) is 2.20.